The molecule has 1 unspecified atom stereocenters. The van der Waals surface area contributed by atoms with Gasteiger partial charge in [0.1, 0.15) is 5.76 Å². The molecule has 1 aromatic heterocycles. The van der Waals surface area contributed by atoms with Gasteiger partial charge < -0.3 is 4.42 Å². The van der Waals surface area contributed by atoms with Crippen LogP contribution in [0.3, 0.4) is 0 Å². The van der Waals surface area contributed by atoms with Gasteiger partial charge in [0.2, 0.25) is 10.0 Å². The zero-order valence-corrected chi connectivity index (χ0v) is 14.8. The maximum Gasteiger partial charge on any atom is 0.210 e. The summed E-state index contributed by atoms with van der Waals surface area (Å²) in [6.07, 6.45) is 4.24. The SMILES string of the molecule is CCc1nc(C)c(CN2CCCC(CN(C)S(C)(=O)=O)C2)o1. The van der Waals surface area contributed by atoms with Crippen molar-refractivity contribution < 1.29 is 12.8 Å². The average molecular weight is 329 g/mol. The second-order valence-electron chi connectivity index (χ2n) is 6.26. The number of aromatic nitrogens is 1. The number of hydrogen-bond donors (Lipinski definition) is 0. The number of likely N-dealkylation sites (tertiary alicyclic amines) is 1. The molecular weight excluding hydrogens is 302 g/mol. The summed E-state index contributed by atoms with van der Waals surface area (Å²) in [5.74, 6) is 2.11. The highest BCUT2D eigenvalue weighted by atomic mass is 32.2. The van der Waals surface area contributed by atoms with Gasteiger partial charge in [0.05, 0.1) is 18.5 Å². The fourth-order valence-electron chi connectivity index (χ4n) is 2.93. The topological polar surface area (TPSA) is 66.7 Å². The Morgan fingerprint density at radius 1 is 1.45 bits per heavy atom. The quantitative estimate of drug-likeness (QED) is 0.794. The molecule has 2 heterocycles. The highest BCUT2D eigenvalue weighted by Gasteiger charge is 2.25. The van der Waals surface area contributed by atoms with Gasteiger partial charge in [-0.2, -0.15) is 0 Å². The molecule has 0 spiro atoms. The Balaban J connectivity index is 1.94. The number of sulfonamides is 1. The van der Waals surface area contributed by atoms with Gasteiger partial charge in [0.25, 0.3) is 0 Å². The van der Waals surface area contributed by atoms with E-state index in [1.165, 1.54) is 10.6 Å². The Morgan fingerprint density at radius 3 is 2.77 bits per heavy atom. The third-order valence-corrected chi connectivity index (χ3v) is 5.57. The molecule has 1 fully saturated rings. The summed E-state index contributed by atoms with van der Waals surface area (Å²) >= 11 is 0. The summed E-state index contributed by atoms with van der Waals surface area (Å²) in [5.41, 5.74) is 0.965. The standard InChI is InChI=1S/C15H27N3O3S/c1-5-15-16-12(2)14(21-15)11-18-8-6-7-13(10-18)9-17(3)22(4,19)20/h13H,5-11H2,1-4H3. The summed E-state index contributed by atoms with van der Waals surface area (Å²) in [6.45, 7) is 7.30. The first-order valence-corrected chi connectivity index (χ1v) is 9.73. The van der Waals surface area contributed by atoms with Crippen molar-refractivity contribution in [2.75, 3.05) is 32.9 Å². The number of nitrogens with zero attached hydrogens (tertiary/aromatic N) is 3. The maximum absolute atomic E-state index is 11.5. The molecule has 1 saturated heterocycles. The van der Waals surface area contributed by atoms with Gasteiger partial charge in [-0.15, -0.1) is 0 Å². The predicted octanol–water partition coefficient (Wildman–Crippen LogP) is 1.65. The maximum atomic E-state index is 11.5. The fourth-order valence-corrected chi connectivity index (χ4v) is 3.41. The molecule has 0 saturated carbocycles. The molecule has 0 N–H and O–H groups in total. The molecular formula is C15H27N3O3S. The van der Waals surface area contributed by atoms with Crippen molar-refractivity contribution in [3.8, 4) is 0 Å². The summed E-state index contributed by atoms with van der Waals surface area (Å²) in [7, 11) is -1.44. The van der Waals surface area contributed by atoms with Crippen LogP contribution in [-0.4, -0.2) is 55.5 Å². The summed E-state index contributed by atoms with van der Waals surface area (Å²) in [6, 6.07) is 0. The largest absolute Gasteiger partial charge is 0.444 e. The van der Waals surface area contributed by atoms with Crippen molar-refractivity contribution in [3.05, 3.63) is 17.3 Å². The molecule has 1 aliphatic rings. The minimum Gasteiger partial charge on any atom is -0.444 e. The molecule has 126 valence electrons. The first-order valence-electron chi connectivity index (χ1n) is 7.88. The van der Waals surface area contributed by atoms with Gasteiger partial charge in [-0.3, -0.25) is 4.90 Å². The van der Waals surface area contributed by atoms with E-state index in [-0.39, 0.29) is 0 Å². The summed E-state index contributed by atoms with van der Waals surface area (Å²) in [5, 5.41) is 0. The Labute approximate surface area is 133 Å². The summed E-state index contributed by atoms with van der Waals surface area (Å²) in [4.78, 5) is 6.76. The molecule has 7 heteroatoms. The van der Waals surface area contributed by atoms with Crippen LogP contribution in [0, 0.1) is 12.8 Å². The normalized spacial score (nSPS) is 20.7. The zero-order chi connectivity index (χ0) is 16.3. The van der Waals surface area contributed by atoms with Crippen LogP contribution in [0.5, 0.6) is 0 Å². The van der Waals surface area contributed by atoms with E-state index in [1.54, 1.807) is 7.05 Å². The zero-order valence-electron chi connectivity index (χ0n) is 14.0. The molecule has 1 atom stereocenters. The second-order valence-corrected chi connectivity index (χ2v) is 8.35. The molecule has 0 aliphatic carbocycles. The molecule has 22 heavy (non-hydrogen) atoms. The van der Waals surface area contributed by atoms with Gasteiger partial charge in [-0.25, -0.2) is 17.7 Å². The third-order valence-electron chi connectivity index (χ3n) is 4.29. The van der Waals surface area contributed by atoms with Gasteiger partial charge >= 0.3 is 0 Å². The van der Waals surface area contributed by atoms with E-state index in [2.05, 4.69) is 9.88 Å². The van der Waals surface area contributed by atoms with Crippen molar-refractivity contribution in [2.45, 2.75) is 39.7 Å². The van der Waals surface area contributed by atoms with Crippen LogP contribution in [0.1, 0.15) is 37.1 Å². The van der Waals surface area contributed by atoms with Gasteiger partial charge in [0.15, 0.2) is 5.89 Å². The fraction of sp³-hybridized carbons (Fsp3) is 0.800. The van der Waals surface area contributed by atoms with Crippen LogP contribution in [0.2, 0.25) is 0 Å². The van der Waals surface area contributed by atoms with Crippen molar-refractivity contribution in [2.24, 2.45) is 5.92 Å². The lowest BCUT2D eigenvalue weighted by molar-refractivity contribution is 0.145. The monoisotopic (exact) mass is 329 g/mol. The average Bonchev–Trinajstić information content (AvgIpc) is 2.79. The molecule has 2 rings (SSSR count). The lowest BCUT2D eigenvalue weighted by Gasteiger charge is -2.33. The van der Waals surface area contributed by atoms with Crippen molar-refractivity contribution in [3.63, 3.8) is 0 Å². The van der Waals surface area contributed by atoms with Crippen molar-refractivity contribution >= 4 is 10.0 Å². The predicted molar refractivity (Wildman–Crippen MR) is 86.1 cm³/mol. The van der Waals surface area contributed by atoms with Gasteiger partial charge in [-0.1, -0.05) is 6.92 Å². The smallest absolute Gasteiger partial charge is 0.210 e. The first-order chi connectivity index (χ1) is 10.3. The lowest BCUT2D eigenvalue weighted by atomic mass is 9.98. The van der Waals surface area contributed by atoms with Crippen molar-refractivity contribution in [1.29, 1.82) is 0 Å². The van der Waals surface area contributed by atoms with E-state index in [0.717, 1.165) is 56.2 Å². The summed E-state index contributed by atoms with van der Waals surface area (Å²) < 4.78 is 30.3. The van der Waals surface area contributed by atoms with Crippen LogP contribution >= 0.6 is 0 Å². The molecule has 6 nitrogen and oxygen atoms in total. The van der Waals surface area contributed by atoms with Crippen LogP contribution in [0.4, 0.5) is 0 Å². The van der Waals surface area contributed by atoms with Gasteiger partial charge in [0, 0.05) is 26.6 Å². The van der Waals surface area contributed by atoms with E-state index >= 15 is 0 Å². The second kappa shape index (κ2) is 7.10. The number of piperidine rings is 1. The molecule has 0 aromatic carbocycles. The third kappa shape index (κ3) is 4.54. The molecule has 0 radical (unpaired) electrons. The minimum absolute atomic E-state index is 0.377. The van der Waals surface area contributed by atoms with Crippen LogP contribution in [0.15, 0.2) is 4.42 Å². The lowest BCUT2D eigenvalue weighted by Crippen LogP contribution is -2.41. The van der Waals surface area contributed by atoms with E-state index in [1.807, 2.05) is 13.8 Å². The van der Waals surface area contributed by atoms with E-state index in [0.29, 0.717) is 12.5 Å². The minimum atomic E-state index is -3.10. The Hall–Kier alpha value is -0.920. The van der Waals surface area contributed by atoms with Crippen LogP contribution in [-0.2, 0) is 23.0 Å². The number of oxazole rings is 1. The van der Waals surface area contributed by atoms with Crippen LogP contribution < -0.4 is 0 Å². The van der Waals surface area contributed by atoms with Gasteiger partial charge in [-0.05, 0) is 32.2 Å². The molecule has 0 bridgehead atoms. The van der Waals surface area contributed by atoms with Crippen molar-refractivity contribution in [1.82, 2.24) is 14.2 Å². The molecule has 0 amide bonds. The molecule has 1 aliphatic heterocycles. The van der Waals surface area contributed by atoms with E-state index in [9.17, 15) is 8.42 Å². The Kier molecular flexibility index (Phi) is 5.63. The highest BCUT2D eigenvalue weighted by Crippen LogP contribution is 2.21. The highest BCUT2D eigenvalue weighted by molar-refractivity contribution is 7.88. The van der Waals surface area contributed by atoms with E-state index in [4.69, 9.17) is 4.42 Å². The number of rotatable bonds is 6. The number of aryl methyl sites for hydroxylation is 2. The Bertz CT molecular complexity index is 597. The van der Waals surface area contributed by atoms with E-state index < -0.39 is 10.0 Å². The molecule has 1 aromatic rings. The Morgan fingerprint density at radius 2 is 2.18 bits per heavy atom. The number of hydrogen-bond acceptors (Lipinski definition) is 5. The van der Waals surface area contributed by atoms with Crippen LogP contribution in [0.25, 0.3) is 0 Å². The first kappa shape index (κ1) is 17.4.